The third-order valence-electron chi connectivity index (χ3n) is 7.02. The molecule has 0 bridgehead atoms. The van der Waals surface area contributed by atoms with E-state index in [1.54, 1.807) is 11.1 Å². The monoisotopic (exact) mass is 539 g/mol. The molecular formula is C30H45N5O4. The first kappa shape index (κ1) is 29.1. The molecule has 1 aromatic heterocycles. The number of ether oxygens (including phenoxy) is 2. The van der Waals surface area contributed by atoms with Gasteiger partial charge in [0.05, 0.1) is 5.69 Å². The van der Waals surface area contributed by atoms with Gasteiger partial charge in [0.1, 0.15) is 11.2 Å². The van der Waals surface area contributed by atoms with Gasteiger partial charge in [0.15, 0.2) is 0 Å². The maximum Gasteiger partial charge on any atom is 0.435 e. The lowest BCUT2D eigenvalue weighted by atomic mass is 9.90. The van der Waals surface area contributed by atoms with E-state index in [-0.39, 0.29) is 12.0 Å². The number of hydrogen-bond acceptors (Lipinski definition) is 7. The van der Waals surface area contributed by atoms with E-state index in [9.17, 15) is 9.59 Å². The highest BCUT2D eigenvalue weighted by atomic mass is 16.6. The van der Waals surface area contributed by atoms with Crippen molar-refractivity contribution in [1.82, 2.24) is 24.5 Å². The summed E-state index contributed by atoms with van der Waals surface area (Å²) < 4.78 is 12.6. The fraction of sp³-hybridized carbons (Fsp3) is 0.633. The van der Waals surface area contributed by atoms with E-state index >= 15 is 0 Å². The molecule has 9 nitrogen and oxygen atoms in total. The zero-order valence-corrected chi connectivity index (χ0v) is 24.7. The molecule has 2 aromatic rings. The molecule has 1 amide bonds. The molecule has 2 fully saturated rings. The van der Waals surface area contributed by atoms with Crippen LogP contribution in [0, 0.1) is 0 Å². The Hall–Kier alpha value is -2.91. The highest BCUT2D eigenvalue weighted by molar-refractivity contribution is 5.75. The Morgan fingerprint density at radius 3 is 2.28 bits per heavy atom. The molecule has 214 valence electrons. The van der Waals surface area contributed by atoms with Gasteiger partial charge in [-0.2, -0.15) is 9.78 Å². The number of piperidine rings is 1. The largest absolute Gasteiger partial charge is 0.444 e. The van der Waals surface area contributed by atoms with Gasteiger partial charge in [-0.05, 0) is 78.6 Å². The SMILES string of the molecule is CN1CCN(Cc2cccc(-c3cn(C(=O)OC(C)(C)C)nc3[C@H]3CCCN(C(=O)OC(C)(C)C)C3)c2)CC1. The molecule has 0 aliphatic carbocycles. The summed E-state index contributed by atoms with van der Waals surface area (Å²) in [5.74, 6) is -0.0220. The smallest absolute Gasteiger partial charge is 0.435 e. The number of rotatable bonds is 4. The number of benzene rings is 1. The van der Waals surface area contributed by atoms with Crippen LogP contribution in [0.15, 0.2) is 30.5 Å². The molecule has 0 radical (unpaired) electrons. The standard InChI is InChI=1S/C30H45N5O4/c1-29(2,3)38-27(36)34-13-9-12-24(20-34)26-25(21-35(31-26)28(37)39-30(4,5)6)23-11-8-10-22(18-23)19-33-16-14-32(7)15-17-33/h8,10-11,18,21,24H,9,12-17,19-20H2,1-7H3/t24-/m0/s1. The van der Waals surface area contributed by atoms with Crippen molar-refractivity contribution in [3.8, 4) is 11.1 Å². The fourth-order valence-electron chi connectivity index (χ4n) is 5.11. The Kier molecular flexibility index (Phi) is 8.71. The van der Waals surface area contributed by atoms with E-state index < -0.39 is 17.3 Å². The fourth-order valence-corrected chi connectivity index (χ4v) is 5.11. The molecule has 0 spiro atoms. The van der Waals surface area contributed by atoms with Gasteiger partial charge >= 0.3 is 12.2 Å². The van der Waals surface area contributed by atoms with Crippen LogP contribution < -0.4 is 0 Å². The topological polar surface area (TPSA) is 80.1 Å². The van der Waals surface area contributed by atoms with Crippen LogP contribution in [0.1, 0.15) is 71.6 Å². The molecule has 2 aliphatic rings. The number of piperazine rings is 1. The molecule has 0 N–H and O–H groups in total. The van der Waals surface area contributed by atoms with E-state index in [0.29, 0.717) is 13.1 Å². The predicted octanol–water partition coefficient (Wildman–Crippen LogP) is 5.20. The summed E-state index contributed by atoms with van der Waals surface area (Å²) in [6.45, 7) is 17.4. The van der Waals surface area contributed by atoms with Gasteiger partial charge in [-0.1, -0.05) is 18.2 Å². The molecule has 0 saturated carbocycles. The minimum absolute atomic E-state index is 0.0220. The van der Waals surface area contributed by atoms with Crippen LogP contribution in [-0.4, -0.2) is 94.2 Å². The highest BCUT2D eigenvalue weighted by Gasteiger charge is 2.32. The van der Waals surface area contributed by atoms with Crippen molar-refractivity contribution in [2.75, 3.05) is 46.3 Å². The Balaban J connectivity index is 1.63. The van der Waals surface area contributed by atoms with Gasteiger partial charge in [0, 0.05) is 63.5 Å². The summed E-state index contributed by atoms with van der Waals surface area (Å²) in [7, 11) is 2.16. The molecule has 2 aliphatic heterocycles. The second-order valence-corrected chi connectivity index (χ2v) is 12.9. The number of amides is 1. The van der Waals surface area contributed by atoms with Crippen molar-refractivity contribution in [3.63, 3.8) is 0 Å². The summed E-state index contributed by atoms with van der Waals surface area (Å²) >= 11 is 0. The maximum absolute atomic E-state index is 13.0. The summed E-state index contributed by atoms with van der Waals surface area (Å²) in [4.78, 5) is 32.5. The molecule has 1 atom stereocenters. The molecule has 3 heterocycles. The second kappa shape index (κ2) is 11.7. The molecule has 4 rings (SSSR count). The van der Waals surface area contributed by atoms with Gasteiger partial charge in [0.25, 0.3) is 0 Å². The maximum atomic E-state index is 13.0. The number of carbonyl (C=O) groups is 2. The number of hydrogen-bond donors (Lipinski definition) is 0. The van der Waals surface area contributed by atoms with Crippen molar-refractivity contribution in [3.05, 3.63) is 41.7 Å². The molecular weight excluding hydrogens is 494 g/mol. The van der Waals surface area contributed by atoms with Crippen molar-refractivity contribution in [1.29, 1.82) is 0 Å². The molecule has 2 saturated heterocycles. The van der Waals surface area contributed by atoms with Gasteiger partial charge in [-0.15, -0.1) is 0 Å². The molecule has 9 heteroatoms. The average Bonchev–Trinajstić information content (AvgIpc) is 3.30. The molecule has 39 heavy (non-hydrogen) atoms. The lowest BCUT2D eigenvalue weighted by Crippen LogP contribution is -2.43. The van der Waals surface area contributed by atoms with Crippen LogP contribution >= 0.6 is 0 Å². The van der Waals surface area contributed by atoms with Crippen LogP contribution in [0.5, 0.6) is 0 Å². The zero-order chi connectivity index (χ0) is 28.4. The van der Waals surface area contributed by atoms with Crippen molar-refractivity contribution in [2.24, 2.45) is 0 Å². The van der Waals surface area contributed by atoms with Crippen LogP contribution in [0.2, 0.25) is 0 Å². The first-order chi connectivity index (χ1) is 18.3. The first-order valence-corrected chi connectivity index (χ1v) is 14.1. The Morgan fingerprint density at radius 1 is 0.949 bits per heavy atom. The third kappa shape index (κ3) is 8.05. The van der Waals surface area contributed by atoms with Gasteiger partial charge in [-0.25, -0.2) is 9.59 Å². The number of aromatic nitrogens is 2. The second-order valence-electron chi connectivity index (χ2n) is 12.9. The van der Waals surface area contributed by atoms with Crippen LogP contribution in [-0.2, 0) is 16.0 Å². The van der Waals surface area contributed by atoms with Crippen molar-refractivity contribution >= 4 is 12.2 Å². The van der Waals surface area contributed by atoms with Crippen molar-refractivity contribution in [2.45, 2.75) is 78.0 Å². The Bertz CT molecular complexity index is 1150. The number of nitrogens with zero attached hydrogens (tertiary/aromatic N) is 5. The summed E-state index contributed by atoms with van der Waals surface area (Å²) in [5.41, 5.74) is 2.76. The predicted molar refractivity (Wildman–Crippen MR) is 152 cm³/mol. The van der Waals surface area contributed by atoms with Gasteiger partial charge in [-0.3, -0.25) is 4.90 Å². The number of likely N-dealkylation sites (tertiary alicyclic amines) is 1. The first-order valence-electron chi connectivity index (χ1n) is 14.1. The zero-order valence-electron chi connectivity index (χ0n) is 24.7. The normalized spacial score (nSPS) is 19.7. The Morgan fingerprint density at radius 2 is 1.62 bits per heavy atom. The quantitative estimate of drug-likeness (QED) is 0.529. The minimum Gasteiger partial charge on any atom is -0.444 e. The van der Waals surface area contributed by atoms with Crippen molar-refractivity contribution < 1.29 is 19.1 Å². The van der Waals surface area contributed by atoms with E-state index in [1.165, 1.54) is 10.2 Å². The number of carbonyl (C=O) groups excluding carboxylic acids is 2. The van der Waals surface area contributed by atoms with Crippen LogP contribution in [0.25, 0.3) is 11.1 Å². The van der Waals surface area contributed by atoms with Crippen LogP contribution in [0.4, 0.5) is 9.59 Å². The average molecular weight is 540 g/mol. The van der Waals surface area contributed by atoms with Crippen LogP contribution in [0.3, 0.4) is 0 Å². The summed E-state index contributed by atoms with van der Waals surface area (Å²) in [6.07, 6.45) is 2.67. The van der Waals surface area contributed by atoms with E-state index in [4.69, 9.17) is 14.6 Å². The Labute approximate surface area is 233 Å². The van der Waals surface area contributed by atoms with E-state index in [2.05, 4.69) is 41.1 Å². The van der Waals surface area contributed by atoms with Gasteiger partial charge < -0.3 is 19.3 Å². The highest BCUT2D eigenvalue weighted by Crippen LogP contribution is 2.35. The number of likely N-dealkylation sites (N-methyl/N-ethyl adjacent to an activating group) is 1. The third-order valence-corrected chi connectivity index (χ3v) is 7.02. The van der Waals surface area contributed by atoms with E-state index in [1.807, 2.05) is 41.5 Å². The minimum atomic E-state index is -0.635. The summed E-state index contributed by atoms with van der Waals surface area (Å²) in [5, 5.41) is 4.76. The van der Waals surface area contributed by atoms with E-state index in [0.717, 1.165) is 62.4 Å². The molecule has 1 aromatic carbocycles. The molecule has 0 unspecified atom stereocenters. The van der Waals surface area contributed by atoms with Gasteiger partial charge in [0.2, 0.25) is 0 Å². The lowest BCUT2D eigenvalue weighted by molar-refractivity contribution is 0.0196. The summed E-state index contributed by atoms with van der Waals surface area (Å²) in [6, 6.07) is 8.50. The lowest BCUT2D eigenvalue weighted by Gasteiger charge is -2.34.